The van der Waals surface area contributed by atoms with Crippen LogP contribution in [0.15, 0.2) is 40.9 Å². The molecule has 0 radical (unpaired) electrons. The molecule has 0 heterocycles. The lowest BCUT2D eigenvalue weighted by Crippen LogP contribution is -2.15. The van der Waals surface area contributed by atoms with Crippen LogP contribution >= 0.6 is 15.9 Å². The minimum absolute atomic E-state index is 0.224. The highest BCUT2D eigenvalue weighted by molar-refractivity contribution is 9.12. The van der Waals surface area contributed by atoms with E-state index in [9.17, 15) is 13.6 Å². The summed E-state index contributed by atoms with van der Waals surface area (Å²) < 4.78 is 33.2. The first kappa shape index (κ1) is 18.7. The van der Waals surface area contributed by atoms with Crippen LogP contribution in [0.25, 0.3) is 5.57 Å². The van der Waals surface area contributed by atoms with Gasteiger partial charge in [-0.05, 0) is 77.9 Å². The van der Waals surface area contributed by atoms with Crippen molar-refractivity contribution in [2.75, 3.05) is 27.2 Å². The molecule has 0 saturated carbocycles. The summed E-state index contributed by atoms with van der Waals surface area (Å²) in [6.07, 6.45) is 0.869. The number of rotatable bonds is 6. The third-order valence-corrected chi connectivity index (χ3v) is 4.85. The van der Waals surface area contributed by atoms with Gasteiger partial charge < -0.3 is 9.64 Å². The fourth-order valence-corrected chi connectivity index (χ4v) is 3.58. The molecule has 0 N–H and O–H groups in total. The maximum absolute atomic E-state index is 13.6. The van der Waals surface area contributed by atoms with Crippen LogP contribution in [0.4, 0.5) is 8.78 Å². The van der Waals surface area contributed by atoms with Gasteiger partial charge in [-0.2, -0.15) is 0 Å². The van der Waals surface area contributed by atoms with Crippen molar-refractivity contribution in [3.8, 4) is 5.75 Å². The number of ketones is 1. The maximum Gasteiger partial charge on any atom is 0.201 e. The number of Topliss-reactive ketones (excluding diaryl/α,β-unsaturated/α-hetero) is 1. The number of carbonyl (C=O) groups is 1. The van der Waals surface area contributed by atoms with Crippen LogP contribution in [0.3, 0.4) is 0 Å². The average molecular weight is 422 g/mol. The van der Waals surface area contributed by atoms with Crippen LogP contribution in [-0.2, 0) is 0 Å². The van der Waals surface area contributed by atoms with E-state index in [0.29, 0.717) is 39.1 Å². The largest absolute Gasteiger partial charge is 0.494 e. The highest BCUT2D eigenvalue weighted by Crippen LogP contribution is 2.41. The minimum Gasteiger partial charge on any atom is -0.494 e. The third kappa shape index (κ3) is 3.86. The van der Waals surface area contributed by atoms with Crippen molar-refractivity contribution in [2.45, 2.75) is 6.42 Å². The molecule has 0 fully saturated rings. The van der Waals surface area contributed by atoms with Crippen molar-refractivity contribution in [3.05, 3.63) is 69.2 Å². The van der Waals surface area contributed by atoms with E-state index in [4.69, 9.17) is 4.74 Å². The first-order chi connectivity index (χ1) is 12.4. The zero-order valence-electron chi connectivity index (χ0n) is 14.5. The summed E-state index contributed by atoms with van der Waals surface area (Å²) in [5, 5.41) is 0. The molecule has 1 aliphatic carbocycles. The van der Waals surface area contributed by atoms with Gasteiger partial charge in [0.05, 0.1) is 11.1 Å². The highest BCUT2D eigenvalue weighted by atomic mass is 79.9. The highest BCUT2D eigenvalue weighted by Gasteiger charge is 2.30. The Morgan fingerprint density at radius 2 is 1.73 bits per heavy atom. The van der Waals surface area contributed by atoms with Gasteiger partial charge in [0.15, 0.2) is 0 Å². The van der Waals surface area contributed by atoms with Crippen molar-refractivity contribution in [1.29, 1.82) is 0 Å². The molecule has 0 atom stereocenters. The van der Waals surface area contributed by atoms with Gasteiger partial charge in [-0.25, -0.2) is 8.78 Å². The summed E-state index contributed by atoms with van der Waals surface area (Å²) in [6, 6.07) is 8.43. The van der Waals surface area contributed by atoms with Crippen molar-refractivity contribution in [3.63, 3.8) is 0 Å². The van der Waals surface area contributed by atoms with E-state index in [2.05, 4.69) is 20.8 Å². The number of hydrogen-bond donors (Lipinski definition) is 0. The lowest BCUT2D eigenvalue weighted by Gasteiger charge is -2.11. The number of allylic oxidation sites excluding steroid dienone is 1. The molecule has 0 saturated heterocycles. The molecule has 1 aliphatic rings. The van der Waals surface area contributed by atoms with Crippen molar-refractivity contribution in [2.24, 2.45) is 0 Å². The van der Waals surface area contributed by atoms with Gasteiger partial charge in [0, 0.05) is 23.7 Å². The molecule has 0 amide bonds. The topological polar surface area (TPSA) is 29.5 Å². The van der Waals surface area contributed by atoms with Gasteiger partial charge >= 0.3 is 0 Å². The zero-order valence-corrected chi connectivity index (χ0v) is 16.1. The molecule has 3 nitrogen and oxygen atoms in total. The molecule has 0 spiro atoms. The quantitative estimate of drug-likeness (QED) is 0.635. The van der Waals surface area contributed by atoms with Crippen LogP contribution in [0.1, 0.15) is 27.9 Å². The van der Waals surface area contributed by atoms with Gasteiger partial charge in [0.1, 0.15) is 17.4 Å². The summed E-state index contributed by atoms with van der Waals surface area (Å²) in [5.41, 5.74) is 1.90. The predicted molar refractivity (Wildman–Crippen MR) is 101 cm³/mol. The number of benzene rings is 2. The normalized spacial score (nSPS) is 13.5. The fraction of sp³-hybridized carbons (Fsp3) is 0.250. The number of carbonyl (C=O) groups excluding carboxylic acids is 1. The molecule has 0 unspecified atom stereocenters. The van der Waals surface area contributed by atoms with Crippen LogP contribution in [0.5, 0.6) is 5.75 Å². The van der Waals surface area contributed by atoms with E-state index in [-0.39, 0.29) is 5.78 Å². The number of halogens is 3. The Morgan fingerprint density at radius 1 is 1.04 bits per heavy atom. The van der Waals surface area contributed by atoms with Crippen LogP contribution in [0, 0.1) is 11.6 Å². The molecular weight excluding hydrogens is 404 g/mol. The molecule has 3 rings (SSSR count). The molecule has 0 aliphatic heterocycles. The molecule has 26 heavy (non-hydrogen) atoms. The standard InChI is InChI=1S/C20H18BrF2NO2/c1-24(2)6-3-7-26-15-4-5-16-17(11-15)20(25)19(21)18(16)12-8-13(22)10-14(23)9-12/h4-5,8-11H,3,6-7H2,1-2H3. The van der Waals surface area contributed by atoms with Crippen LogP contribution < -0.4 is 4.74 Å². The SMILES string of the molecule is CN(C)CCCOc1ccc2c(c1)C(=O)C(Br)=C2c1cc(F)cc(F)c1. The lowest BCUT2D eigenvalue weighted by atomic mass is 9.99. The molecule has 136 valence electrons. The molecule has 0 bridgehead atoms. The summed E-state index contributed by atoms with van der Waals surface area (Å²) in [4.78, 5) is 14.6. The summed E-state index contributed by atoms with van der Waals surface area (Å²) in [5.74, 6) is -0.995. The van der Waals surface area contributed by atoms with Crippen LogP contribution in [0.2, 0.25) is 0 Å². The van der Waals surface area contributed by atoms with E-state index >= 15 is 0 Å². The first-order valence-electron chi connectivity index (χ1n) is 8.19. The Bertz CT molecular complexity index is 873. The Labute approximate surface area is 159 Å². The van der Waals surface area contributed by atoms with E-state index in [0.717, 1.165) is 19.0 Å². The monoisotopic (exact) mass is 421 g/mol. The predicted octanol–water partition coefficient (Wildman–Crippen LogP) is 4.65. The zero-order chi connectivity index (χ0) is 18.8. The van der Waals surface area contributed by atoms with Gasteiger partial charge in [-0.1, -0.05) is 0 Å². The van der Waals surface area contributed by atoms with Crippen LogP contribution in [-0.4, -0.2) is 37.9 Å². The van der Waals surface area contributed by atoms with E-state index < -0.39 is 11.6 Å². The van der Waals surface area contributed by atoms with Gasteiger partial charge in [-0.3, -0.25) is 4.79 Å². The second kappa shape index (κ2) is 7.68. The molecule has 0 aromatic heterocycles. The van der Waals surface area contributed by atoms with E-state index in [1.807, 2.05) is 14.1 Å². The fourth-order valence-electron chi connectivity index (χ4n) is 2.92. The average Bonchev–Trinajstić information content (AvgIpc) is 2.82. The molecule has 6 heteroatoms. The first-order valence-corrected chi connectivity index (χ1v) is 8.99. The van der Waals surface area contributed by atoms with E-state index in [1.165, 1.54) is 12.1 Å². The van der Waals surface area contributed by atoms with Gasteiger partial charge in [0.2, 0.25) is 5.78 Å². The van der Waals surface area contributed by atoms with Gasteiger partial charge in [-0.15, -0.1) is 0 Å². The third-order valence-electron chi connectivity index (χ3n) is 4.09. The second-order valence-electron chi connectivity index (χ2n) is 6.39. The summed E-state index contributed by atoms with van der Waals surface area (Å²) in [7, 11) is 3.99. The number of nitrogens with zero attached hydrogens (tertiary/aromatic N) is 1. The Kier molecular flexibility index (Phi) is 5.53. The number of hydrogen-bond acceptors (Lipinski definition) is 3. The molecule has 2 aromatic carbocycles. The number of fused-ring (bicyclic) bond motifs is 1. The summed E-state index contributed by atoms with van der Waals surface area (Å²) >= 11 is 3.28. The van der Waals surface area contributed by atoms with Crippen molar-refractivity contribution >= 4 is 27.3 Å². The lowest BCUT2D eigenvalue weighted by molar-refractivity contribution is 0.104. The molecule has 2 aromatic rings. The Hall–Kier alpha value is -2.05. The van der Waals surface area contributed by atoms with Crippen molar-refractivity contribution in [1.82, 2.24) is 4.90 Å². The number of ether oxygens (including phenoxy) is 1. The van der Waals surface area contributed by atoms with Gasteiger partial charge in [0.25, 0.3) is 0 Å². The molecular formula is C20H18BrF2NO2. The second-order valence-corrected chi connectivity index (χ2v) is 7.18. The minimum atomic E-state index is -0.686. The van der Waals surface area contributed by atoms with Crippen molar-refractivity contribution < 1.29 is 18.3 Å². The summed E-state index contributed by atoms with van der Waals surface area (Å²) in [6.45, 7) is 1.45. The Balaban J connectivity index is 1.87. The van der Waals surface area contributed by atoms with E-state index in [1.54, 1.807) is 18.2 Å². The maximum atomic E-state index is 13.6. The Morgan fingerprint density at radius 3 is 2.38 bits per heavy atom. The smallest absolute Gasteiger partial charge is 0.201 e.